The number of aromatic nitrogens is 3. The number of hydrogen-bond donors (Lipinski definition) is 0. The van der Waals surface area contributed by atoms with Crippen LogP contribution in [-0.2, 0) is 17.9 Å². The first-order valence-electron chi connectivity index (χ1n) is 11.0. The minimum atomic E-state index is -0.335. The van der Waals surface area contributed by atoms with Gasteiger partial charge in [-0.3, -0.25) is 14.5 Å². The summed E-state index contributed by atoms with van der Waals surface area (Å²) in [6.45, 7) is 0.148. The van der Waals surface area contributed by atoms with E-state index in [0.717, 1.165) is 21.9 Å². The van der Waals surface area contributed by atoms with Crippen LogP contribution in [0.15, 0.2) is 114 Å². The molecule has 0 N–H and O–H groups in total. The average Bonchev–Trinajstić information content (AvgIpc) is 2.89. The van der Waals surface area contributed by atoms with Gasteiger partial charge in [-0.25, -0.2) is 9.67 Å². The SMILES string of the molecule is O=C(Cn1nc(-c2cccc3ccccc23)ccc1=O)N(Cc1ccccc1)c1ccccn1. The Balaban J connectivity index is 1.49. The van der Waals surface area contributed by atoms with Gasteiger partial charge in [-0.1, -0.05) is 78.9 Å². The van der Waals surface area contributed by atoms with Crippen LogP contribution in [0.1, 0.15) is 5.56 Å². The Kier molecular flexibility index (Phi) is 5.95. The van der Waals surface area contributed by atoms with Crippen LogP contribution >= 0.6 is 0 Å². The van der Waals surface area contributed by atoms with Crippen molar-refractivity contribution in [2.75, 3.05) is 4.90 Å². The zero-order valence-electron chi connectivity index (χ0n) is 18.4. The molecule has 2 heterocycles. The maximum Gasteiger partial charge on any atom is 0.267 e. The number of hydrogen-bond acceptors (Lipinski definition) is 4. The second-order valence-electron chi connectivity index (χ2n) is 7.89. The molecule has 0 radical (unpaired) electrons. The van der Waals surface area contributed by atoms with Crippen LogP contribution in [0.2, 0.25) is 0 Å². The predicted octanol–water partition coefficient (Wildman–Crippen LogP) is 4.69. The van der Waals surface area contributed by atoms with Crippen LogP contribution in [0.5, 0.6) is 0 Å². The van der Waals surface area contributed by atoms with Crippen molar-refractivity contribution in [2.24, 2.45) is 0 Å². The maximum absolute atomic E-state index is 13.4. The fourth-order valence-electron chi connectivity index (χ4n) is 3.94. The minimum Gasteiger partial charge on any atom is -0.291 e. The second kappa shape index (κ2) is 9.50. The second-order valence-corrected chi connectivity index (χ2v) is 7.89. The Morgan fingerprint density at radius 1 is 0.794 bits per heavy atom. The summed E-state index contributed by atoms with van der Waals surface area (Å²) in [6, 6.07) is 32.2. The molecule has 166 valence electrons. The molecule has 0 aliphatic carbocycles. The maximum atomic E-state index is 13.4. The van der Waals surface area contributed by atoms with Crippen molar-refractivity contribution in [3.05, 3.63) is 125 Å². The Hall–Kier alpha value is -4.58. The highest BCUT2D eigenvalue weighted by molar-refractivity contribution is 5.95. The van der Waals surface area contributed by atoms with Gasteiger partial charge in [0.2, 0.25) is 5.91 Å². The lowest BCUT2D eigenvalue weighted by Gasteiger charge is -2.22. The zero-order chi connectivity index (χ0) is 23.3. The van der Waals surface area contributed by atoms with Crippen LogP contribution < -0.4 is 10.5 Å². The van der Waals surface area contributed by atoms with Crippen LogP contribution in [0.4, 0.5) is 5.82 Å². The average molecular weight is 447 g/mol. The number of nitrogens with zero attached hydrogens (tertiary/aromatic N) is 4. The summed E-state index contributed by atoms with van der Waals surface area (Å²) >= 11 is 0. The molecule has 0 saturated carbocycles. The van der Waals surface area contributed by atoms with Crippen molar-refractivity contribution in [1.29, 1.82) is 0 Å². The molecule has 1 amide bonds. The third-order valence-electron chi connectivity index (χ3n) is 5.63. The van der Waals surface area contributed by atoms with E-state index in [1.165, 1.54) is 10.7 Å². The molecule has 0 bridgehead atoms. The highest BCUT2D eigenvalue weighted by Crippen LogP contribution is 2.26. The monoisotopic (exact) mass is 446 g/mol. The van der Waals surface area contributed by atoms with E-state index in [-0.39, 0.29) is 18.0 Å². The molecule has 0 unspecified atom stereocenters. The number of benzene rings is 3. The first kappa shape index (κ1) is 21.3. The minimum absolute atomic E-state index is 0.194. The summed E-state index contributed by atoms with van der Waals surface area (Å²) in [4.78, 5) is 32.0. The van der Waals surface area contributed by atoms with Crippen molar-refractivity contribution in [1.82, 2.24) is 14.8 Å². The Labute approximate surface area is 196 Å². The van der Waals surface area contributed by atoms with Crippen LogP contribution in [-0.4, -0.2) is 20.7 Å². The molecule has 6 heteroatoms. The molecule has 5 rings (SSSR count). The molecule has 0 atom stereocenters. The summed E-state index contributed by atoms with van der Waals surface area (Å²) < 4.78 is 1.22. The van der Waals surface area contributed by atoms with Crippen LogP contribution in [0, 0.1) is 0 Å². The fourth-order valence-corrected chi connectivity index (χ4v) is 3.94. The summed E-state index contributed by atoms with van der Waals surface area (Å²) in [7, 11) is 0. The van der Waals surface area contributed by atoms with Gasteiger partial charge < -0.3 is 0 Å². The van der Waals surface area contributed by atoms with Crippen molar-refractivity contribution < 1.29 is 4.79 Å². The summed E-state index contributed by atoms with van der Waals surface area (Å²) in [5.74, 6) is 0.252. The zero-order valence-corrected chi connectivity index (χ0v) is 18.4. The molecule has 6 nitrogen and oxygen atoms in total. The van der Waals surface area contributed by atoms with Crippen molar-refractivity contribution in [3.63, 3.8) is 0 Å². The van der Waals surface area contributed by atoms with Crippen molar-refractivity contribution >= 4 is 22.5 Å². The van der Waals surface area contributed by atoms with E-state index in [9.17, 15) is 9.59 Å². The van der Waals surface area contributed by atoms with E-state index in [1.54, 1.807) is 29.3 Å². The lowest BCUT2D eigenvalue weighted by Crippen LogP contribution is -2.37. The normalized spacial score (nSPS) is 10.8. The van der Waals surface area contributed by atoms with Crippen molar-refractivity contribution in [3.8, 4) is 11.3 Å². The number of anilines is 1. The molecule has 5 aromatic rings. The predicted molar refractivity (Wildman–Crippen MR) is 133 cm³/mol. The van der Waals surface area contributed by atoms with Gasteiger partial charge >= 0.3 is 0 Å². The summed E-state index contributed by atoms with van der Waals surface area (Å²) in [5.41, 5.74) is 2.17. The number of rotatable bonds is 6. The third-order valence-corrected chi connectivity index (χ3v) is 5.63. The quantitative estimate of drug-likeness (QED) is 0.379. The summed E-state index contributed by atoms with van der Waals surface area (Å²) in [6.07, 6.45) is 1.65. The van der Waals surface area contributed by atoms with Gasteiger partial charge in [-0.2, -0.15) is 5.10 Å². The highest BCUT2D eigenvalue weighted by atomic mass is 16.2. The highest BCUT2D eigenvalue weighted by Gasteiger charge is 2.19. The lowest BCUT2D eigenvalue weighted by molar-refractivity contribution is -0.119. The largest absolute Gasteiger partial charge is 0.291 e. The van der Waals surface area contributed by atoms with E-state index in [1.807, 2.05) is 78.9 Å². The van der Waals surface area contributed by atoms with Gasteiger partial charge in [0.15, 0.2) is 0 Å². The van der Waals surface area contributed by atoms with E-state index < -0.39 is 0 Å². The fraction of sp³-hybridized carbons (Fsp3) is 0.0714. The third kappa shape index (κ3) is 4.47. The molecular weight excluding hydrogens is 424 g/mol. The van der Waals surface area contributed by atoms with Gasteiger partial charge in [-0.05, 0) is 34.5 Å². The number of amides is 1. The molecule has 0 aliphatic heterocycles. The molecule has 0 fully saturated rings. The standard InChI is InChI=1S/C28H22N4O2/c33-27-17-16-25(24-14-8-12-22-11-4-5-13-23(22)24)30-32(27)20-28(34)31(26-15-6-7-18-29-26)19-21-9-2-1-3-10-21/h1-18H,19-20H2. The van der Waals surface area contributed by atoms with E-state index in [0.29, 0.717) is 18.1 Å². The van der Waals surface area contributed by atoms with Crippen LogP contribution in [0.25, 0.3) is 22.0 Å². The Morgan fingerprint density at radius 3 is 2.38 bits per heavy atom. The number of carbonyl (C=O) groups excluding carboxylic acids is 1. The smallest absolute Gasteiger partial charge is 0.267 e. The first-order valence-corrected chi connectivity index (χ1v) is 11.0. The van der Waals surface area contributed by atoms with Gasteiger partial charge in [0.05, 0.1) is 12.2 Å². The molecule has 0 aliphatic rings. The molecule has 0 spiro atoms. The molecule has 3 aromatic carbocycles. The van der Waals surface area contributed by atoms with E-state index in [4.69, 9.17) is 0 Å². The van der Waals surface area contributed by atoms with Crippen molar-refractivity contribution in [2.45, 2.75) is 13.1 Å². The Bertz CT molecular complexity index is 1490. The molecule has 2 aromatic heterocycles. The van der Waals surface area contributed by atoms with Gasteiger partial charge in [0.1, 0.15) is 12.4 Å². The van der Waals surface area contributed by atoms with Crippen LogP contribution in [0.3, 0.4) is 0 Å². The molecular formula is C28H22N4O2. The van der Waals surface area contributed by atoms with E-state index >= 15 is 0 Å². The number of carbonyl (C=O) groups is 1. The Morgan fingerprint density at radius 2 is 1.56 bits per heavy atom. The van der Waals surface area contributed by atoms with Gasteiger partial charge in [-0.15, -0.1) is 0 Å². The van der Waals surface area contributed by atoms with E-state index in [2.05, 4.69) is 10.1 Å². The topological polar surface area (TPSA) is 68.1 Å². The molecule has 34 heavy (non-hydrogen) atoms. The van der Waals surface area contributed by atoms with Gasteiger partial charge in [0.25, 0.3) is 5.56 Å². The van der Waals surface area contributed by atoms with Gasteiger partial charge in [0, 0.05) is 17.8 Å². The lowest BCUT2D eigenvalue weighted by atomic mass is 10.0. The number of pyridine rings is 1. The summed E-state index contributed by atoms with van der Waals surface area (Å²) in [5, 5.41) is 6.67. The number of fused-ring (bicyclic) bond motifs is 1. The molecule has 0 saturated heterocycles. The first-order chi connectivity index (χ1) is 16.7.